The molecule has 0 heterocycles. The van der Waals surface area contributed by atoms with E-state index >= 15 is 0 Å². The Morgan fingerprint density at radius 3 is 2.37 bits per heavy atom. The van der Waals surface area contributed by atoms with Gasteiger partial charge in [-0.1, -0.05) is 26.0 Å². The van der Waals surface area contributed by atoms with Crippen LogP contribution in [0.25, 0.3) is 0 Å². The molecule has 8 nitrogen and oxygen atoms in total. The van der Waals surface area contributed by atoms with Crippen LogP contribution in [0.15, 0.2) is 47.4 Å². The Kier molecular flexibility index (Phi) is 6.75. The molecular weight excluding hydrogens is 370 g/mol. The molecule has 0 aromatic heterocycles. The van der Waals surface area contributed by atoms with E-state index in [2.05, 4.69) is 23.9 Å². The monoisotopic (exact) mass is 393 g/mol. The minimum Gasteiger partial charge on any atom is -0.395 e. The van der Waals surface area contributed by atoms with E-state index in [0.29, 0.717) is 11.6 Å². The van der Waals surface area contributed by atoms with E-state index in [1.807, 2.05) is 0 Å². The number of nitrogens with zero attached hydrogens (tertiary/aromatic N) is 1. The Hall–Kier alpha value is -2.65. The first-order valence-corrected chi connectivity index (χ1v) is 10.0. The maximum atomic E-state index is 12.7. The molecule has 0 saturated heterocycles. The fourth-order valence-corrected chi connectivity index (χ4v) is 3.56. The summed E-state index contributed by atoms with van der Waals surface area (Å²) in [6.07, 6.45) is 0.942. The van der Waals surface area contributed by atoms with Crippen molar-refractivity contribution < 1.29 is 18.4 Å². The van der Waals surface area contributed by atoms with Gasteiger partial charge in [-0.3, -0.25) is 14.8 Å². The first-order valence-electron chi connectivity index (χ1n) is 8.54. The summed E-state index contributed by atoms with van der Waals surface area (Å²) in [6, 6.07) is 10.4. The number of benzene rings is 2. The van der Waals surface area contributed by atoms with Crippen LogP contribution >= 0.6 is 0 Å². The standard InChI is InChI=1S/C18H23N3O5S/c1-3-13(2)14-4-7-16(8-5-14)27(25,26)20-18-12-15(21(23)24)6-9-17(18)19-10-11-22/h4-9,12-13,19-20,22H,3,10-11H2,1-2H3. The van der Waals surface area contributed by atoms with Gasteiger partial charge in [0.1, 0.15) is 0 Å². The number of hydrogen-bond acceptors (Lipinski definition) is 6. The molecule has 2 aromatic rings. The van der Waals surface area contributed by atoms with Crippen LogP contribution in [-0.4, -0.2) is 31.6 Å². The third-order valence-corrected chi connectivity index (χ3v) is 5.64. The maximum absolute atomic E-state index is 12.7. The summed E-state index contributed by atoms with van der Waals surface area (Å²) in [5.74, 6) is 0.320. The third kappa shape index (κ3) is 5.18. The molecule has 0 aliphatic rings. The minimum atomic E-state index is -3.93. The topological polar surface area (TPSA) is 122 Å². The minimum absolute atomic E-state index is 0.0450. The molecule has 0 fully saturated rings. The van der Waals surface area contributed by atoms with Gasteiger partial charge in [-0.05, 0) is 36.1 Å². The van der Waals surface area contributed by atoms with Crippen LogP contribution in [0.2, 0.25) is 0 Å². The Bertz CT molecular complexity index is 898. The van der Waals surface area contributed by atoms with Crippen molar-refractivity contribution in [2.75, 3.05) is 23.2 Å². The summed E-state index contributed by atoms with van der Waals surface area (Å²) in [6.45, 7) is 4.13. The molecule has 146 valence electrons. The molecule has 2 rings (SSSR count). The van der Waals surface area contributed by atoms with Crippen molar-refractivity contribution in [2.24, 2.45) is 0 Å². The Morgan fingerprint density at radius 2 is 1.81 bits per heavy atom. The van der Waals surface area contributed by atoms with E-state index in [1.165, 1.54) is 24.3 Å². The van der Waals surface area contributed by atoms with Gasteiger partial charge in [-0.25, -0.2) is 8.42 Å². The predicted octanol–water partition coefficient (Wildman–Crippen LogP) is 3.31. The summed E-state index contributed by atoms with van der Waals surface area (Å²) in [4.78, 5) is 10.5. The van der Waals surface area contributed by atoms with Gasteiger partial charge in [0.15, 0.2) is 0 Å². The number of nitro benzene ring substituents is 1. The van der Waals surface area contributed by atoms with Crippen LogP contribution < -0.4 is 10.0 Å². The van der Waals surface area contributed by atoms with Gasteiger partial charge in [-0.15, -0.1) is 0 Å². The van der Waals surface area contributed by atoms with Crippen LogP contribution in [0.3, 0.4) is 0 Å². The second-order valence-electron chi connectivity index (χ2n) is 6.12. The van der Waals surface area contributed by atoms with Gasteiger partial charge in [0.2, 0.25) is 0 Å². The van der Waals surface area contributed by atoms with Crippen molar-refractivity contribution in [1.82, 2.24) is 0 Å². The van der Waals surface area contributed by atoms with Gasteiger partial charge in [0.25, 0.3) is 15.7 Å². The number of nitro groups is 1. The molecule has 27 heavy (non-hydrogen) atoms. The lowest BCUT2D eigenvalue weighted by Gasteiger charge is -2.14. The lowest BCUT2D eigenvalue weighted by molar-refractivity contribution is -0.384. The van der Waals surface area contributed by atoms with E-state index in [-0.39, 0.29) is 29.4 Å². The highest BCUT2D eigenvalue weighted by Gasteiger charge is 2.19. The Balaban J connectivity index is 2.35. The lowest BCUT2D eigenvalue weighted by Crippen LogP contribution is -2.16. The SMILES string of the molecule is CCC(C)c1ccc(S(=O)(=O)Nc2cc([N+](=O)[O-])ccc2NCCO)cc1. The molecule has 0 aliphatic heterocycles. The lowest BCUT2D eigenvalue weighted by atomic mass is 9.99. The molecule has 9 heteroatoms. The molecule has 2 aromatic carbocycles. The number of non-ortho nitro benzene ring substituents is 1. The van der Waals surface area contributed by atoms with Crippen LogP contribution in [0.5, 0.6) is 0 Å². The van der Waals surface area contributed by atoms with E-state index in [4.69, 9.17) is 5.11 Å². The molecule has 3 N–H and O–H groups in total. The second-order valence-corrected chi connectivity index (χ2v) is 7.80. The number of aliphatic hydroxyl groups is 1. The van der Waals surface area contributed by atoms with Crippen LogP contribution in [-0.2, 0) is 10.0 Å². The van der Waals surface area contributed by atoms with Gasteiger partial charge >= 0.3 is 0 Å². The van der Waals surface area contributed by atoms with Crippen molar-refractivity contribution in [3.8, 4) is 0 Å². The molecular formula is C18H23N3O5S. The van der Waals surface area contributed by atoms with Gasteiger partial charge in [0, 0.05) is 18.7 Å². The van der Waals surface area contributed by atoms with Crippen LogP contribution in [0, 0.1) is 10.1 Å². The van der Waals surface area contributed by atoms with E-state index in [1.54, 1.807) is 12.1 Å². The third-order valence-electron chi connectivity index (χ3n) is 4.26. The fraction of sp³-hybridized carbons (Fsp3) is 0.333. The smallest absolute Gasteiger partial charge is 0.271 e. The number of anilines is 2. The Morgan fingerprint density at radius 1 is 1.15 bits per heavy atom. The van der Waals surface area contributed by atoms with Crippen molar-refractivity contribution in [3.63, 3.8) is 0 Å². The number of rotatable bonds is 9. The molecule has 1 atom stereocenters. The summed E-state index contributed by atoms with van der Waals surface area (Å²) in [5, 5.41) is 22.8. The number of nitrogens with one attached hydrogen (secondary N) is 2. The summed E-state index contributed by atoms with van der Waals surface area (Å²) in [7, 11) is -3.93. The van der Waals surface area contributed by atoms with E-state index in [9.17, 15) is 18.5 Å². The molecule has 1 unspecified atom stereocenters. The second kappa shape index (κ2) is 8.83. The van der Waals surface area contributed by atoms with Gasteiger partial charge < -0.3 is 10.4 Å². The largest absolute Gasteiger partial charge is 0.395 e. The van der Waals surface area contributed by atoms with E-state index < -0.39 is 14.9 Å². The zero-order chi connectivity index (χ0) is 20.0. The maximum Gasteiger partial charge on any atom is 0.271 e. The molecule has 0 aliphatic carbocycles. The molecule has 0 saturated carbocycles. The summed E-state index contributed by atoms with van der Waals surface area (Å²) >= 11 is 0. The average molecular weight is 393 g/mol. The number of aliphatic hydroxyl groups excluding tert-OH is 1. The molecule has 0 bridgehead atoms. The summed E-state index contributed by atoms with van der Waals surface area (Å²) < 4.78 is 27.8. The normalized spacial score (nSPS) is 12.4. The molecule has 0 radical (unpaired) electrons. The van der Waals surface area contributed by atoms with Crippen molar-refractivity contribution in [3.05, 3.63) is 58.1 Å². The van der Waals surface area contributed by atoms with Crippen molar-refractivity contribution >= 4 is 27.1 Å². The zero-order valence-electron chi connectivity index (χ0n) is 15.2. The molecule has 0 amide bonds. The highest BCUT2D eigenvalue weighted by molar-refractivity contribution is 7.92. The number of hydrogen-bond donors (Lipinski definition) is 3. The predicted molar refractivity (Wildman–Crippen MR) is 105 cm³/mol. The van der Waals surface area contributed by atoms with Crippen molar-refractivity contribution in [2.45, 2.75) is 31.1 Å². The first-order chi connectivity index (χ1) is 12.8. The van der Waals surface area contributed by atoms with Crippen molar-refractivity contribution in [1.29, 1.82) is 0 Å². The average Bonchev–Trinajstić information content (AvgIpc) is 2.66. The quantitative estimate of drug-likeness (QED) is 0.444. The first kappa shape index (κ1) is 20.7. The molecule has 0 spiro atoms. The zero-order valence-corrected chi connectivity index (χ0v) is 16.0. The van der Waals surface area contributed by atoms with Crippen LogP contribution in [0.1, 0.15) is 31.7 Å². The number of sulfonamides is 1. The van der Waals surface area contributed by atoms with Gasteiger partial charge in [0.05, 0.1) is 27.8 Å². The van der Waals surface area contributed by atoms with Gasteiger partial charge in [-0.2, -0.15) is 0 Å². The van der Waals surface area contributed by atoms with E-state index in [0.717, 1.165) is 18.1 Å². The Labute approximate surface area is 158 Å². The highest BCUT2D eigenvalue weighted by Crippen LogP contribution is 2.29. The van der Waals surface area contributed by atoms with Crippen LogP contribution in [0.4, 0.5) is 17.1 Å². The summed E-state index contributed by atoms with van der Waals surface area (Å²) in [5.41, 5.74) is 1.18. The fourth-order valence-electron chi connectivity index (χ4n) is 2.49. The highest BCUT2D eigenvalue weighted by atomic mass is 32.2.